The van der Waals surface area contributed by atoms with Gasteiger partial charge in [-0.1, -0.05) is 24.3 Å². The molecule has 1 heterocycles. The number of hydrogen-bond donors (Lipinski definition) is 1. The number of carboxylic acids is 1. The average molecular weight is 598 g/mol. The van der Waals surface area contributed by atoms with Gasteiger partial charge in [0.1, 0.15) is 6.04 Å². The molecule has 0 aromatic heterocycles. The molecule has 1 unspecified atom stereocenters. The Morgan fingerprint density at radius 3 is 2.43 bits per heavy atom. The highest BCUT2D eigenvalue weighted by atomic mass is 80.0. The molecule has 1 aliphatic rings. The van der Waals surface area contributed by atoms with Crippen LogP contribution in [0.1, 0.15) is 29.6 Å². The molecular formula is C18H16Br3NO5S. The molecule has 1 N–H and O–H groups in total. The molecule has 6 nitrogen and oxygen atoms in total. The number of nitrogens with zero attached hydrogens (tertiary/aromatic N) is 1. The minimum atomic E-state index is -3.96. The van der Waals surface area contributed by atoms with Gasteiger partial charge in [0.25, 0.3) is 5.91 Å². The van der Waals surface area contributed by atoms with Crippen LogP contribution in [0.3, 0.4) is 0 Å². The Morgan fingerprint density at radius 1 is 1.11 bits per heavy atom. The number of rotatable bonds is 3. The van der Waals surface area contributed by atoms with Crippen LogP contribution in [0.25, 0.3) is 10.8 Å². The van der Waals surface area contributed by atoms with Crippen LogP contribution in [0, 0.1) is 0 Å². The number of hydrogen-bond acceptors (Lipinski definition) is 4. The third kappa shape index (κ3) is 4.01. The number of halogens is 3. The van der Waals surface area contributed by atoms with Crippen molar-refractivity contribution in [2.24, 2.45) is 0 Å². The molecule has 3 rings (SSSR count). The minimum Gasteiger partial charge on any atom is -0.480 e. The van der Waals surface area contributed by atoms with E-state index < -0.39 is 29.2 Å². The second-order valence-electron chi connectivity index (χ2n) is 6.49. The molecule has 28 heavy (non-hydrogen) atoms. The summed E-state index contributed by atoms with van der Waals surface area (Å²) < 4.78 is 24.5. The summed E-state index contributed by atoms with van der Waals surface area (Å²) in [6.45, 7) is 0.323. The third-order valence-corrected chi connectivity index (χ3v) is 10.1. The normalized spacial score (nSPS) is 18.2. The van der Waals surface area contributed by atoms with Gasteiger partial charge in [-0.2, -0.15) is 0 Å². The number of benzene rings is 2. The average Bonchev–Trinajstić information content (AvgIpc) is 2.65. The highest BCUT2D eigenvalue weighted by molar-refractivity contribution is 9.42. The first-order chi connectivity index (χ1) is 13.0. The number of aliphatic carboxylic acids is 1. The highest BCUT2D eigenvalue weighted by Gasteiger charge is 2.39. The zero-order valence-corrected chi connectivity index (χ0v) is 20.0. The number of fused-ring (bicyclic) bond motifs is 1. The zero-order chi connectivity index (χ0) is 20.7. The Labute approximate surface area is 187 Å². The Kier molecular flexibility index (Phi) is 6.24. The predicted octanol–water partition coefficient (Wildman–Crippen LogP) is 4.49. The van der Waals surface area contributed by atoms with Crippen molar-refractivity contribution in [3.63, 3.8) is 0 Å². The Hall–Kier alpha value is -0.970. The molecular weight excluding hydrogens is 582 g/mol. The maximum Gasteiger partial charge on any atom is 0.326 e. The number of carbonyl (C=O) groups is 2. The second-order valence-corrected chi connectivity index (χ2v) is 16.9. The fourth-order valence-corrected chi connectivity index (χ4v) is 5.92. The molecule has 0 radical (unpaired) electrons. The number of amides is 1. The predicted molar refractivity (Wildman–Crippen MR) is 117 cm³/mol. The quantitative estimate of drug-likeness (QED) is 0.527. The summed E-state index contributed by atoms with van der Waals surface area (Å²) in [5.74, 6) is -1.54. The number of alkyl halides is 3. The molecule has 0 bridgehead atoms. The number of carbonyl (C=O) groups excluding carboxylic acids is 1. The van der Waals surface area contributed by atoms with Gasteiger partial charge < -0.3 is 10.0 Å². The number of likely N-dealkylation sites (tertiary alicyclic amines) is 1. The number of carboxylic acid groups (broad SMARTS) is 1. The number of sulfone groups is 1. The molecule has 1 saturated heterocycles. The molecule has 1 amide bonds. The van der Waals surface area contributed by atoms with Crippen molar-refractivity contribution in [3.05, 3.63) is 42.0 Å². The van der Waals surface area contributed by atoms with Crippen LogP contribution in [0.15, 0.2) is 41.3 Å². The lowest BCUT2D eigenvalue weighted by Crippen LogP contribution is -2.48. The van der Waals surface area contributed by atoms with Crippen LogP contribution in [-0.2, 0) is 14.6 Å². The highest BCUT2D eigenvalue weighted by Crippen LogP contribution is 2.45. The summed E-state index contributed by atoms with van der Waals surface area (Å²) in [7, 11) is -3.96. The molecule has 0 spiro atoms. The van der Waals surface area contributed by atoms with Crippen molar-refractivity contribution < 1.29 is 23.1 Å². The van der Waals surface area contributed by atoms with Gasteiger partial charge in [0.15, 0.2) is 0 Å². The van der Waals surface area contributed by atoms with E-state index in [9.17, 15) is 23.1 Å². The monoisotopic (exact) mass is 595 g/mol. The molecule has 150 valence electrons. The fraction of sp³-hybridized carbons (Fsp3) is 0.333. The molecule has 0 aliphatic carbocycles. The first-order valence-corrected chi connectivity index (χ1v) is 12.3. The summed E-state index contributed by atoms with van der Waals surface area (Å²) in [6.07, 6.45) is 1.83. The minimum absolute atomic E-state index is 0.0385. The standard InChI is InChI=1S/C18H16Br3NO5S/c19-18(20,21)28(26,27)15-10-12(9-11-5-1-2-6-13(11)15)16(23)22-8-4-3-7-14(22)17(24)25/h1-2,5-6,9-10,14H,3-4,7-8H2,(H,24,25). The second kappa shape index (κ2) is 8.04. The zero-order valence-electron chi connectivity index (χ0n) is 14.4. The molecule has 10 heteroatoms. The van der Waals surface area contributed by atoms with Crippen molar-refractivity contribution in [1.29, 1.82) is 0 Å². The van der Waals surface area contributed by atoms with Crippen molar-refractivity contribution in [2.45, 2.75) is 31.7 Å². The fourth-order valence-electron chi connectivity index (χ4n) is 3.34. The van der Waals surface area contributed by atoms with Gasteiger partial charge in [-0.3, -0.25) is 4.79 Å². The molecule has 0 saturated carbocycles. The largest absolute Gasteiger partial charge is 0.480 e. The van der Waals surface area contributed by atoms with E-state index in [0.29, 0.717) is 30.2 Å². The van der Waals surface area contributed by atoms with E-state index >= 15 is 0 Å². The molecule has 2 aromatic rings. The summed E-state index contributed by atoms with van der Waals surface area (Å²) in [4.78, 5) is 26.0. The summed E-state index contributed by atoms with van der Waals surface area (Å²) in [5.41, 5.74) is 0.141. The molecule has 2 aromatic carbocycles. The first kappa shape index (κ1) is 21.7. The van der Waals surface area contributed by atoms with E-state index in [1.54, 1.807) is 30.3 Å². The van der Waals surface area contributed by atoms with Gasteiger partial charge in [0.2, 0.25) is 11.3 Å². The first-order valence-electron chi connectivity index (χ1n) is 8.42. The van der Waals surface area contributed by atoms with E-state index in [4.69, 9.17) is 0 Å². The smallest absolute Gasteiger partial charge is 0.326 e. The van der Waals surface area contributed by atoms with Gasteiger partial charge >= 0.3 is 5.97 Å². The SMILES string of the molecule is O=C(O)C1CCCCN1C(=O)c1cc(S(=O)(=O)C(Br)(Br)Br)c2ccccc2c1. The van der Waals surface area contributed by atoms with Gasteiger partial charge in [-0.05, 0) is 84.6 Å². The van der Waals surface area contributed by atoms with Crippen molar-refractivity contribution in [1.82, 2.24) is 4.90 Å². The summed E-state index contributed by atoms with van der Waals surface area (Å²) in [6, 6.07) is 8.85. The molecule has 1 aliphatic heterocycles. The molecule has 1 atom stereocenters. The topological polar surface area (TPSA) is 91.8 Å². The summed E-state index contributed by atoms with van der Waals surface area (Å²) in [5, 5.41) is 10.5. The van der Waals surface area contributed by atoms with Gasteiger partial charge in [-0.15, -0.1) is 0 Å². The van der Waals surface area contributed by atoms with E-state index in [2.05, 4.69) is 47.8 Å². The Morgan fingerprint density at radius 2 is 1.79 bits per heavy atom. The third-order valence-electron chi connectivity index (χ3n) is 4.71. The lowest BCUT2D eigenvalue weighted by Gasteiger charge is -2.33. The van der Waals surface area contributed by atoms with Crippen LogP contribution < -0.4 is 0 Å². The van der Waals surface area contributed by atoms with Crippen LogP contribution in [0.5, 0.6) is 0 Å². The van der Waals surface area contributed by atoms with E-state index in [0.717, 1.165) is 6.42 Å². The van der Waals surface area contributed by atoms with Gasteiger partial charge in [0.05, 0.1) is 4.90 Å². The number of piperidine rings is 1. The van der Waals surface area contributed by atoms with Gasteiger partial charge in [0, 0.05) is 17.5 Å². The van der Waals surface area contributed by atoms with E-state index in [-0.39, 0.29) is 10.5 Å². The van der Waals surface area contributed by atoms with E-state index in [1.807, 2.05) is 0 Å². The lowest BCUT2D eigenvalue weighted by atomic mass is 10.00. The van der Waals surface area contributed by atoms with Crippen LogP contribution >= 0.6 is 47.8 Å². The maximum absolute atomic E-state index is 13.1. The molecule has 1 fully saturated rings. The van der Waals surface area contributed by atoms with Crippen molar-refractivity contribution >= 4 is 80.3 Å². The van der Waals surface area contributed by atoms with E-state index in [1.165, 1.54) is 11.0 Å². The lowest BCUT2D eigenvalue weighted by molar-refractivity contribution is -0.143. The maximum atomic E-state index is 13.1. The van der Waals surface area contributed by atoms with Crippen molar-refractivity contribution in [3.8, 4) is 0 Å². The van der Waals surface area contributed by atoms with Crippen LogP contribution in [0.2, 0.25) is 0 Å². The van der Waals surface area contributed by atoms with Crippen molar-refractivity contribution in [2.75, 3.05) is 6.54 Å². The Balaban J connectivity index is 2.18. The van der Waals surface area contributed by atoms with Gasteiger partial charge in [-0.25, -0.2) is 13.2 Å². The van der Waals surface area contributed by atoms with Crippen LogP contribution in [-0.4, -0.2) is 44.4 Å². The van der Waals surface area contributed by atoms with Crippen LogP contribution in [0.4, 0.5) is 0 Å². The Bertz CT molecular complexity index is 1050. The summed E-state index contributed by atoms with van der Waals surface area (Å²) >= 11 is 9.19.